The van der Waals surface area contributed by atoms with Crippen LogP contribution >= 0.6 is 0 Å². The van der Waals surface area contributed by atoms with Gasteiger partial charge >= 0.3 is 0 Å². The molecule has 4 N–H and O–H groups in total. The lowest BCUT2D eigenvalue weighted by atomic mass is 9.84. The molecule has 1 heterocycles. The van der Waals surface area contributed by atoms with Gasteiger partial charge in [0, 0.05) is 12.2 Å². The fourth-order valence-corrected chi connectivity index (χ4v) is 1.67. The van der Waals surface area contributed by atoms with Crippen LogP contribution in [0.5, 0.6) is 0 Å². The van der Waals surface area contributed by atoms with E-state index in [1.807, 2.05) is 6.07 Å². The van der Waals surface area contributed by atoms with Crippen LogP contribution in [0.3, 0.4) is 0 Å². The number of pyridine rings is 1. The lowest BCUT2D eigenvalue weighted by molar-refractivity contribution is 0.306. The third-order valence-corrected chi connectivity index (χ3v) is 3.14. The summed E-state index contributed by atoms with van der Waals surface area (Å²) in [5.74, 6) is 0.640. The van der Waals surface area contributed by atoms with E-state index in [-0.39, 0.29) is 11.5 Å². The van der Waals surface area contributed by atoms with E-state index in [0.717, 1.165) is 18.4 Å². The van der Waals surface area contributed by atoms with Gasteiger partial charge in [0.25, 0.3) is 0 Å². The van der Waals surface area contributed by atoms with Gasteiger partial charge in [-0.3, -0.25) is 0 Å². The summed E-state index contributed by atoms with van der Waals surface area (Å²) in [6.45, 7) is 8.56. The molecule has 0 saturated heterocycles. The smallest absolute Gasteiger partial charge is 0.126 e. The Morgan fingerprint density at radius 1 is 1.38 bits per heavy atom. The standard InChI is InChI=1S/C13H23N3/c1-9-7-8-16-12(15)10(9)5-6-11(14)13(2,3)4/h7-8,11H,5-6,14H2,1-4H3,(H2,15,16). The molecule has 1 aromatic heterocycles. The quantitative estimate of drug-likeness (QED) is 0.823. The fourth-order valence-electron chi connectivity index (χ4n) is 1.67. The normalized spacial score (nSPS) is 13.8. The highest BCUT2D eigenvalue weighted by molar-refractivity contribution is 5.43. The van der Waals surface area contributed by atoms with Gasteiger partial charge < -0.3 is 11.5 Å². The maximum absolute atomic E-state index is 6.14. The maximum atomic E-state index is 6.14. The number of nitrogens with two attached hydrogens (primary N) is 2. The number of hydrogen-bond acceptors (Lipinski definition) is 3. The van der Waals surface area contributed by atoms with Gasteiger partial charge in [-0.15, -0.1) is 0 Å². The van der Waals surface area contributed by atoms with Gasteiger partial charge in [-0.25, -0.2) is 4.98 Å². The number of rotatable bonds is 3. The summed E-state index contributed by atoms with van der Waals surface area (Å²) in [5.41, 5.74) is 14.5. The van der Waals surface area contributed by atoms with Gasteiger partial charge in [0.1, 0.15) is 5.82 Å². The Morgan fingerprint density at radius 2 is 2.00 bits per heavy atom. The fraction of sp³-hybridized carbons (Fsp3) is 0.615. The highest BCUT2D eigenvalue weighted by atomic mass is 14.8. The molecule has 1 aromatic rings. The van der Waals surface area contributed by atoms with Crippen LogP contribution in [-0.2, 0) is 6.42 Å². The zero-order valence-electron chi connectivity index (χ0n) is 10.7. The Morgan fingerprint density at radius 3 is 2.50 bits per heavy atom. The first-order valence-electron chi connectivity index (χ1n) is 5.78. The molecular formula is C13H23N3. The van der Waals surface area contributed by atoms with Crippen molar-refractivity contribution in [2.75, 3.05) is 5.73 Å². The van der Waals surface area contributed by atoms with E-state index in [2.05, 4.69) is 32.7 Å². The summed E-state index contributed by atoms with van der Waals surface area (Å²) in [6, 6.07) is 2.18. The summed E-state index contributed by atoms with van der Waals surface area (Å²) >= 11 is 0. The molecule has 0 amide bonds. The molecule has 0 bridgehead atoms. The minimum absolute atomic E-state index is 0.144. The lowest BCUT2D eigenvalue weighted by Crippen LogP contribution is -2.35. The van der Waals surface area contributed by atoms with Gasteiger partial charge in [-0.1, -0.05) is 20.8 Å². The van der Waals surface area contributed by atoms with Gasteiger partial charge in [-0.2, -0.15) is 0 Å². The Kier molecular flexibility index (Phi) is 3.92. The summed E-state index contributed by atoms with van der Waals surface area (Å²) in [7, 11) is 0. The Hall–Kier alpha value is -1.09. The van der Waals surface area contributed by atoms with Gasteiger partial charge in [0.05, 0.1) is 0 Å². The van der Waals surface area contributed by atoms with E-state index in [9.17, 15) is 0 Å². The Labute approximate surface area is 98.3 Å². The largest absolute Gasteiger partial charge is 0.383 e. The first-order valence-corrected chi connectivity index (χ1v) is 5.78. The molecular weight excluding hydrogens is 198 g/mol. The molecule has 0 fully saturated rings. The predicted octanol–water partition coefficient (Wildman–Crippen LogP) is 2.28. The second-order valence-electron chi connectivity index (χ2n) is 5.50. The number of hydrogen-bond donors (Lipinski definition) is 2. The molecule has 1 unspecified atom stereocenters. The molecule has 0 aromatic carbocycles. The topological polar surface area (TPSA) is 64.9 Å². The van der Waals surface area contributed by atoms with E-state index >= 15 is 0 Å². The van der Waals surface area contributed by atoms with E-state index in [1.165, 1.54) is 5.56 Å². The zero-order chi connectivity index (χ0) is 12.3. The van der Waals surface area contributed by atoms with Crippen molar-refractivity contribution in [1.29, 1.82) is 0 Å². The average molecular weight is 221 g/mol. The zero-order valence-corrected chi connectivity index (χ0v) is 10.7. The van der Waals surface area contributed by atoms with Gasteiger partial charge in [0.2, 0.25) is 0 Å². The lowest BCUT2D eigenvalue weighted by Gasteiger charge is -2.27. The number of nitrogen functional groups attached to an aromatic ring is 1. The molecule has 0 spiro atoms. The SMILES string of the molecule is Cc1ccnc(N)c1CCC(N)C(C)(C)C. The van der Waals surface area contributed by atoms with Crippen molar-refractivity contribution in [3.63, 3.8) is 0 Å². The monoisotopic (exact) mass is 221 g/mol. The number of nitrogens with zero attached hydrogens (tertiary/aromatic N) is 1. The van der Waals surface area contributed by atoms with Crippen molar-refractivity contribution in [3.8, 4) is 0 Å². The Balaban J connectivity index is 2.69. The number of aromatic nitrogens is 1. The second kappa shape index (κ2) is 4.83. The summed E-state index contributed by atoms with van der Waals surface area (Å²) in [6.07, 6.45) is 3.60. The van der Waals surface area contributed by atoms with E-state index < -0.39 is 0 Å². The van der Waals surface area contributed by atoms with Gasteiger partial charge in [0.15, 0.2) is 0 Å². The summed E-state index contributed by atoms with van der Waals surface area (Å²) < 4.78 is 0. The first kappa shape index (κ1) is 13.0. The van der Waals surface area contributed by atoms with E-state index in [1.54, 1.807) is 6.20 Å². The molecule has 0 saturated carbocycles. The van der Waals surface area contributed by atoms with Crippen molar-refractivity contribution in [2.24, 2.45) is 11.1 Å². The minimum Gasteiger partial charge on any atom is -0.383 e. The third kappa shape index (κ3) is 3.20. The molecule has 3 nitrogen and oxygen atoms in total. The molecule has 0 radical (unpaired) electrons. The van der Waals surface area contributed by atoms with Crippen LogP contribution in [0, 0.1) is 12.3 Å². The van der Waals surface area contributed by atoms with Gasteiger partial charge in [-0.05, 0) is 42.4 Å². The first-order chi connectivity index (χ1) is 7.32. The molecule has 90 valence electrons. The molecule has 16 heavy (non-hydrogen) atoms. The van der Waals surface area contributed by atoms with Crippen LogP contribution in [-0.4, -0.2) is 11.0 Å². The van der Waals surface area contributed by atoms with Crippen molar-refractivity contribution in [1.82, 2.24) is 4.98 Å². The molecule has 0 aliphatic rings. The highest BCUT2D eigenvalue weighted by Gasteiger charge is 2.20. The molecule has 3 heteroatoms. The van der Waals surface area contributed by atoms with Crippen LogP contribution < -0.4 is 11.5 Å². The highest BCUT2D eigenvalue weighted by Crippen LogP contribution is 2.23. The number of anilines is 1. The van der Waals surface area contributed by atoms with Crippen LogP contribution in [0.25, 0.3) is 0 Å². The van der Waals surface area contributed by atoms with Crippen molar-refractivity contribution in [2.45, 2.75) is 46.6 Å². The summed E-state index contributed by atoms with van der Waals surface area (Å²) in [4.78, 5) is 4.12. The minimum atomic E-state index is 0.144. The molecule has 1 rings (SSSR count). The summed E-state index contributed by atoms with van der Waals surface area (Å²) in [5, 5.41) is 0. The van der Waals surface area contributed by atoms with Crippen LogP contribution in [0.2, 0.25) is 0 Å². The van der Waals surface area contributed by atoms with E-state index in [4.69, 9.17) is 11.5 Å². The van der Waals surface area contributed by atoms with Crippen LogP contribution in [0.4, 0.5) is 5.82 Å². The molecule has 1 atom stereocenters. The molecule has 0 aliphatic heterocycles. The van der Waals surface area contributed by atoms with Crippen molar-refractivity contribution < 1.29 is 0 Å². The second-order valence-corrected chi connectivity index (χ2v) is 5.50. The van der Waals surface area contributed by atoms with Crippen LogP contribution in [0.1, 0.15) is 38.3 Å². The third-order valence-electron chi connectivity index (χ3n) is 3.14. The van der Waals surface area contributed by atoms with Crippen LogP contribution in [0.15, 0.2) is 12.3 Å². The van der Waals surface area contributed by atoms with E-state index in [0.29, 0.717) is 5.82 Å². The Bertz CT molecular complexity index is 332. The molecule has 0 aliphatic carbocycles. The average Bonchev–Trinajstić information content (AvgIpc) is 2.15. The predicted molar refractivity (Wildman–Crippen MR) is 69.1 cm³/mol. The number of aryl methyl sites for hydroxylation is 1. The van der Waals surface area contributed by atoms with Crippen molar-refractivity contribution in [3.05, 3.63) is 23.4 Å². The van der Waals surface area contributed by atoms with Crippen molar-refractivity contribution >= 4 is 5.82 Å². The maximum Gasteiger partial charge on any atom is 0.126 e.